The van der Waals surface area contributed by atoms with Gasteiger partial charge in [-0.15, -0.1) is 0 Å². The first-order valence-electron chi connectivity index (χ1n) is 6.57. The molecule has 21 heavy (non-hydrogen) atoms. The van der Waals surface area contributed by atoms with Gasteiger partial charge in [0.1, 0.15) is 16.3 Å². The highest BCUT2D eigenvalue weighted by Gasteiger charge is 2.06. The Labute approximate surface area is 127 Å². The molecule has 4 heteroatoms. The molecule has 0 saturated carbocycles. The third-order valence-electron chi connectivity index (χ3n) is 3.27. The van der Waals surface area contributed by atoms with Crippen LogP contribution in [0, 0.1) is 17.4 Å². The molecule has 0 aliphatic rings. The molecule has 2 nitrogen and oxygen atoms in total. The molecule has 0 amide bonds. The average molecular weight is 296 g/mol. The summed E-state index contributed by atoms with van der Waals surface area (Å²) in [6.07, 6.45) is 0. The van der Waals surface area contributed by atoms with Crippen LogP contribution in [0.2, 0.25) is 0 Å². The molecule has 1 heterocycles. The first kappa shape index (κ1) is 13.6. The third kappa shape index (κ3) is 2.90. The molecule has 0 spiro atoms. The van der Waals surface area contributed by atoms with E-state index in [-0.39, 0.29) is 5.82 Å². The Bertz CT molecular complexity index is 841. The van der Waals surface area contributed by atoms with Crippen molar-refractivity contribution in [3.05, 3.63) is 70.6 Å². The second-order valence-electron chi connectivity index (χ2n) is 4.81. The summed E-state index contributed by atoms with van der Waals surface area (Å²) >= 11 is 5.22. The van der Waals surface area contributed by atoms with Crippen LogP contribution in [0.3, 0.4) is 0 Å². The van der Waals surface area contributed by atoms with E-state index in [1.807, 2.05) is 36.4 Å². The van der Waals surface area contributed by atoms with Gasteiger partial charge in [-0.05, 0) is 24.6 Å². The number of nitrogens with one attached hydrogen (secondary N) is 1. The highest BCUT2D eigenvalue weighted by atomic mass is 32.1. The van der Waals surface area contributed by atoms with Crippen LogP contribution >= 0.6 is 12.2 Å². The van der Waals surface area contributed by atoms with Gasteiger partial charge in [0.2, 0.25) is 0 Å². The first-order valence-corrected chi connectivity index (χ1v) is 6.97. The summed E-state index contributed by atoms with van der Waals surface area (Å²) in [6, 6.07) is 16.6. The summed E-state index contributed by atoms with van der Waals surface area (Å²) in [4.78, 5) is 7.56. The summed E-state index contributed by atoms with van der Waals surface area (Å²) in [5, 5.41) is 0. The van der Waals surface area contributed by atoms with Crippen molar-refractivity contribution < 1.29 is 4.39 Å². The quantitative estimate of drug-likeness (QED) is 0.680. The normalized spacial score (nSPS) is 10.6. The van der Waals surface area contributed by atoms with E-state index in [0.29, 0.717) is 16.0 Å². The molecule has 2 aromatic carbocycles. The minimum Gasteiger partial charge on any atom is -0.339 e. The Balaban J connectivity index is 2.14. The Hall–Kier alpha value is -2.33. The highest BCUT2D eigenvalue weighted by molar-refractivity contribution is 7.71. The number of halogens is 1. The summed E-state index contributed by atoms with van der Waals surface area (Å²) < 4.78 is 14.2. The van der Waals surface area contributed by atoms with Crippen LogP contribution in [0.4, 0.5) is 4.39 Å². The van der Waals surface area contributed by atoms with Gasteiger partial charge in [0, 0.05) is 11.1 Å². The molecule has 0 unspecified atom stereocenters. The number of aryl methyl sites for hydroxylation is 1. The Morgan fingerprint density at radius 1 is 1.00 bits per heavy atom. The molecule has 0 aliphatic carbocycles. The maximum absolute atomic E-state index is 13.7. The number of rotatable bonds is 2. The Morgan fingerprint density at radius 2 is 1.76 bits per heavy atom. The molecule has 3 aromatic rings. The number of aromatic nitrogens is 2. The van der Waals surface area contributed by atoms with Crippen molar-refractivity contribution >= 4 is 12.2 Å². The zero-order valence-electron chi connectivity index (χ0n) is 11.4. The summed E-state index contributed by atoms with van der Waals surface area (Å²) in [7, 11) is 0. The molecule has 1 N–H and O–H groups in total. The molecule has 0 radical (unpaired) electrons. The molecule has 0 aliphatic heterocycles. The van der Waals surface area contributed by atoms with Gasteiger partial charge < -0.3 is 4.98 Å². The van der Waals surface area contributed by atoms with E-state index in [2.05, 4.69) is 9.97 Å². The number of aromatic amines is 1. The predicted octanol–water partition coefficient (Wildman–Crippen LogP) is 4.92. The number of benzene rings is 2. The lowest BCUT2D eigenvalue weighted by Gasteiger charge is -2.07. The summed E-state index contributed by atoms with van der Waals surface area (Å²) in [6.45, 7) is 1.74. The molecule has 0 atom stereocenters. The van der Waals surface area contributed by atoms with Gasteiger partial charge in [0.25, 0.3) is 0 Å². The Morgan fingerprint density at radius 3 is 2.48 bits per heavy atom. The van der Waals surface area contributed by atoms with Gasteiger partial charge in [-0.25, -0.2) is 9.37 Å². The summed E-state index contributed by atoms with van der Waals surface area (Å²) in [5.41, 5.74) is 3.07. The van der Waals surface area contributed by atoms with Gasteiger partial charge >= 0.3 is 0 Å². The van der Waals surface area contributed by atoms with Crippen LogP contribution in [0.25, 0.3) is 22.6 Å². The molecular weight excluding hydrogens is 283 g/mol. The summed E-state index contributed by atoms with van der Waals surface area (Å²) in [5.74, 6) is 0.448. The molecule has 0 saturated heterocycles. The van der Waals surface area contributed by atoms with Gasteiger partial charge in [-0.2, -0.15) is 0 Å². The maximum Gasteiger partial charge on any atom is 0.139 e. The van der Waals surface area contributed by atoms with Gasteiger partial charge in [0.15, 0.2) is 0 Å². The van der Waals surface area contributed by atoms with Crippen LogP contribution < -0.4 is 0 Å². The lowest BCUT2D eigenvalue weighted by molar-refractivity contribution is 0.619. The van der Waals surface area contributed by atoms with E-state index in [4.69, 9.17) is 12.2 Å². The van der Waals surface area contributed by atoms with Crippen LogP contribution in [-0.2, 0) is 0 Å². The number of hydrogen-bond donors (Lipinski definition) is 1. The van der Waals surface area contributed by atoms with E-state index >= 15 is 0 Å². The molecule has 1 aromatic heterocycles. The number of nitrogens with zero attached hydrogens (tertiary/aromatic N) is 1. The van der Waals surface area contributed by atoms with E-state index < -0.39 is 0 Å². The molecule has 104 valence electrons. The first-order chi connectivity index (χ1) is 10.1. The van der Waals surface area contributed by atoms with Crippen molar-refractivity contribution in [3.63, 3.8) is 0 Å². The zero-order chi connectivity index (χ0) is 14.8. The lowest BCUT2D eigenvalue weighted by atomic mass is 10.1. The lowest BCUT2D eigenvalue weighted by Crippen LogP contribution is -1.93. The van der Waals surface area contributed by atoms with Gasteiger partial charge in [0.05, 0.1) is 5.69 Å². The van der Waals surface area contributed by atoms with Crippen molar-refractivity contribution in [1.82, 2.24) is 9.97 Å². The topological polar surface area (TPSA) is 28.7 Å². The fourth-order valence-corrected chi connectivity index (χ4v) is 2.32. The molecular formula is C17H13FN2S. The monoisotopic (exact) mass is 296 g/mol. The van der Waals surface area contributed by atoms with Crippen LogP contribution in [0.1, 0.15) is 5.56 Å². The average Bonchev–Trinajstić information content (AvgIpc) is 2.50. The van der Waals surface area contributed by atoms with Crippen molar-refractivity contribution in [1.29, 1.82) is 0 Å². The fraction of sp³-hybridized carbons (Fsp3) is 0.0588. The van der Waals surface area contributed by atoms with E-state index in [0.717, 1.165) is 16.8 Å². The largest absolute Gasteiger partial charge is 0.339 e. The second-order valence-corrected chi connectivity index (χ2v) is 5.23. The molecule has 3 rings (SSSR count). The van der Waals surface area contributed by atoms with Crippen molar-refractivity contribution in [2.24, 2.45) is 0 Å². The fourth-order valence-electron chi connectivity index (χ4n) is 2.11. The van der Waals surface area contributed by atoms with Crippen molar-refractivity contribution in [2.75, 3.05) is 0 Å². The van der Waals surface area contributed by atoms with Crippen LogP contribution in [0.5, 0.6) is 0 Å². The molecule has 0 bridgehead atoms. The minimum absolute atomic E-state index is 0.232. The van der Waals surface area contributed by atoms with Crippen molar-refractivity contribution in [3.8, 4) is 22.6 Å². The van der Waals surface area contributed by atoms with Crippen LogP contribution in [0.15, 0.2) is 54.6 Å². The second kappa shape index (κ2) is 5.58. The predicted molar refractivity (Wildman–Crippen MR) is 85.0 cm³/mol. The molecule has 0 fully saturated rings. The smallest absolute Gasteiger partial charge is 0.139 e. The van der Waals surface area contributed by atoms with Crippen LogP contribution in [-0.4, -0.2) is 9.97 Å². The minimum atomic E-state index is -0.232. The Kier molecular flexibility index (Phi) is 3.62. The highest BCUT2D eigenvalue weighted by Crippen LogP contribution is 2.23. The van der Waals surface area contributed by atoms with E-state index in [1.165, 1.54) is 6.07 Å². The third-order valence-corrected chi connectivity index (χ3v) is 3.48. The maximum atomic E-state index is 13.7. The van der Waals surface area contributed by atoms with Gasteiger partial charge in [-0.3, -0.25) is 0 Å². The number of hydrogen-bond acceptors (Lipinski definition) is 2. The standard InChI is InChI=1S/C17H13FN2S/c1-11-7-8-13(9-14(11)18)15-10-16(21)20-17(19-15)12-5-3-2-4-6-12/h2-10H,1H3,(H,19,20,21). The zero-order valence-corrected chi connectivity index (χ0v) is 12.2. The SMILES string of the molecule is Cc1ccc(-c2cc(=S)nc(-c3ccccc3)[nH]2)cc1F. The van der Waals surface area contributed by atoms with E-state index in [9.17, 15) is 4.39 Å². The van der Waals surface area contributed by atoms with Crippen molar-refractivity contribution in [2.45, 2.75) is 6.92 Å². The van der Waals surface area contributed by atoms with E-state index in [1.54, 1.807) is 19.1 Å². The van der Waals surface area contributed by atoms with Gasteiger partial charge in [-0.1, -0.05) is 54.7 Å². The number of H-pyrrole nitrogens is 1.